The molecule has 2 rings (SSSR count). The highest BCUT2D eigenvalue weighted by atomic mass is 16.4. The summed E-state index contributed by atoms with van der Waals surface area (Å²) in [5.41, 5.74) is 0.411. The van der Waals surface area contributed by atoms with E-state index in [0.717, 1.165) is 13.0 Å². The number of hydrogen-bond acceptors (Lipinski definition) is 2. The van der Waals surface area contributed by atoms with Crippen LogP contribution in [0.1, 0.15) is 32.1 Å². The minimum Gasteiger partial charge on any atom is -0.480 e. The average molecular weight is 169 g/mol. The molecule has 0 radical (unpaired) electrons. The Morgan fingerprint density at radius 3 is 2.67 bits per heavy atom. The first-order chi connectivity index (χ1) is 5.72. The van der Waals surface area contributed by atoms with Gasteiger partial charge in [0.1, 0.15) is 6.04 Å². The van der Waals surface area contributed by atoms with Crippen LogP contribution >= 0.6 is 0 Å². The highest BCUT2D eigenvalue weighted by Crippen LogP contribution is 2.48. The first-order valence-electron chi connectivity index (χ1n) is 4.68. The van der Waals surface area contributed by atoms with Gasteiger partial charge in [-0.15, -0.1) is 0 Å². The van der Waals surface area contributed by atoms with Crippen molar-refractivity contribution in [2.24, 2.45) is 5.41 Å². The van der Waals surface area contributed by atoms with Crippen LogP contribution in [0.5, 0.6) is 0 Å². The number of hydrogen-bond donors (Lipinski definition) is 2. The fourth-order valence-electron chi connectivity index (χ4n) is 2.42. The Morgan fingerprint density at radius 2 is 2.17 bits per heavy atom. The van der Waals surface area contributed by atoms with Gasteiger partial charge in [0.05, 0.1) is 0 Å². The van der Waals surface area contributed by atoms with Gasteiger partial charge in [-0.05, 0) is 37.6 Å². The van der Waals surface area contributed by atoms with E-state index in [2.05, 4.69) is 5.32 Å². The first kappa shape index (κ1) is 8.05. The molecule has 0 aromatic heterocycles. The molecule has 3 heteroatoms. The van der Waals surface area contributed by atoms with E-state index in [1.54, 1.807) is 0 Å². The van der Waals surface area contributed by atoms with Crippen molar-refractivity contribution < 1.29 is 9.90 Å². The van der Waals surface area contributed by atoms with Gasteiger partial charge in [0, 0.05) is 0 Å². The van der Waals surface area contributed by atoms with Crippen molar-refractivity contribution in [1.82, 2.24) is 5.32 Å². The van der Waals surface area contributed by atoms with E-state index in [-0.39, 0.29) is 6.04 Å². The van der Waals surface area contributed by atoms with Crippen molar-refractivity contribution in [3.63, 3.8) is 0 Å². The molecule has 2 fully saturated rings. The van der Waals surface area contributed by atoms with Crippen LogP contribution in [0.4, 0.5) is 0 Å². The van der Waals surface area contributed by atoms with E-state index in [4.69, 9.17) is 5.11 Å². The summed E-state index contributed by atoms with van der Waals surface area (Å²) in [6.45, 7) is 0.886. The fourth-order valence-corrected chi connectivity index (χ4v) is 2.42. The Labute approximate surface area is 72.2 Å². The van der Waals surface area contributed by atoms with Gasteiger partial charge in [-0.2, -0.15) is 0 Å². The van der Waals surface area contributed by atoms with Gasteiger partial charge >= 0.3 is 5.97 Å². The van der Waals surface area contributed by atoms with Crippen molar-refractivity contribution in [3.05, 3.63) is 0 Å². The molecular formula is C9H15NO2. The van der Waals surface area contributed by atoms with Crippen LogP contribution in [0.3, 0.4) is 0 Å². The second kappa shape index (κ2) is 2.73. The molecule has 0 amide bonds. The Balaban J connectivity index is 1.98. The molecule has 1 saturated heterocycles. The van der Waals surface area contributed by atoms with Crippen molar-refractivity contribution in [2.45, 2.75) is 38.1 Å². The van der Waals surface area contributed by atoms with Crippen LogP contribution in [0.15, 0.2) is 0 Å². The quantitative estimate of drug-likeness (QED) is 0.615. The van der Waals surface area contributed by atoms with Crippen LogP contribution in [-0.4, -0.2) is 23.7 Å². The number of carboxylic acids is 1. The Kier molecular flexibility index (Phi) is 1.83. The number of carboxylic acid groups (broad SMARTS) is 1. The highest BCUT2D eigenvalue weighted by Gasteiger charge is 2.42. The van der Waals surface area contributed by atoms with Crippen LogP contribution in [-0.2, 0) is 4.79 Å². The van der Waals surface area contributed by atoms with Crippen molar-refractivity contribution in [1.29, 1.82) is 0 Å². The van der Waals surface area contributed by atoms with Crippen molar-refractivity contribution >= 4 is 5.97 Å². The Bertz CT molecular complexity index is 199. The molecule has 1 aliphatic heterocycles. The molecular weight excluding hydrogens is 154 g/mol. The molecule has 1 spiro atoms. The van der Waals surface area contributed by atoms with E-state index in [1.807, 2.05) is 0 Å². The molecule has 1 saturated carbocycles. The molecule has 1 heterocycles. The maximum Gasteiger partial charge on any atom is 0.320 e. The SMILES string of the molecule is O=C(O)C1CC2(CCC2)CCN1. The van der Waals surface area contributed by atoms with Gasteiger partial charge in [-0.25, -0.2) is 0 Å². The molecule has 0 aromatic rings. The smallest absolute Gasteiger partial charge is 0.320 e. The van der Waals surface area contributed by atoms with Gasteiger partial charge in [-0.3, -0.25) is 4.79 Å². The third-order valence-corrected chi connectivity index (χ3v) is 3.40. The van der Waals surface area contributed by atoms with Crippen LogP contribution < -0.4 is 5.32 Å². The molecule has 12 heavy (non-hydrogen) atoms. The monoisotopic (exact) mass is 169 g/mol. The molecule has 2 N–H and O–H groups in total. The molecule has 1 aliphatic carbocycles. The lowest BCUT2D eigenvalue weighted by Gasteiger charge is -2.47. The number of carbonyl (C=O) groups is 1. The summed E-state index contributed by atoms with van der Waals surface area (Å²) >= 11 is 0. The van der Waals surface area contributed by atoms with Crippen molar-refractivity contribution in [2.75, 3.05) is 6.54 Å². The maximum absolute atomic E-state index is 10.7. The normalized spacial score (nSPS) is 32.8. The molecule has 0 bridgehead atoms. The van der Waals surface area contributed by atoms with Crippen LogP contribution in [0.2, 0.25) is 0 Å². The average Bonchev–Trinajstić information content (AvgIpc) is 2.02. The fraction of sp³-hybridized carbons (Fsp3) is 0.889. The second-order valence-electron chi connectivity index (χ2n) is 4.15. The topological polar surface area (TPSA) is 49.3 Å². The summed E-state index contributed by atoms with van der Waals surface area (Å²) in [5.74, 6) is -0.680. The lowest BCUT2D eigenvalue weighted by Crippen LogP contribution is -2.50. The Morgan fingerprint density at radius 1 is 1.42 bits per heavy atom. The third-order valence-electron chi connectivity index (χ3n) is 3.40. The standard InChI is InChI=1S/C9H15NO2/c11-8(12)7-6-9(2-1-3-9)4-5-10-7/h7,10H,1-6H2,(H,11,12). The van der Waals surface area contributed by atoms with Crippen molar-refractivity contribution in [3.8, 4) is 0 Å². The predicted octanol–water partition coefficient (Wildman–Crippen LogP) is 0.993. The van der Waals surface area contributed by atoms with E-state index >= 15 is 0 Å². The lowest BCUT2D eigenvalue weighted by molar-refractivity contribution is -0.142. The summed E-state index contributed by atoms with van der Waals surface area (Å²) in [7, 11) is 0. The molecule has 2 aliphatic rings. The molecule has 1 atom stereocenters. The summed E-state index contributed by atoms with van der Waals surface area (Å²) in [6.07, 6.45) is 5.82. The van der Waals surface area contributed by atoms with E-state index in [0.29, 0.717) is 5.41 Å². The molecule has 1 unspecified atom stereocenters. The van der Waals surface area contributed by atoms with E-state index in [9.17, 15) is 4.79 Å². The van der Waals surface area contributed by atoms with E-state index in [1.165, 1.54) is 25.7 Å². The van der Waals surface area contributed by atoms with Gasteiger partial charge < -0.3 is 10.4 Å². The predicted molar refractivity (Wildman–Crippen MR) is 44.9 cm³/mol. The number of rotatable bonds is 1. The van der Waals surface area contributed by atoms with Gasteiger partial charge in [0.2, 0.25) is 0 Å². The largest absolute Gasteiger partial charge is 0.480 e. The number of aliphatic carboxylic acids is 1. The number of nitrogens with one attached hydrogen (secondary N) is 1. The third kappa shape index (κ3) is 1.22. The first-order valence-corrected chi connectivity index (χ1v) is 4.68. The Hall–Kier alpha value is -0.570. The lowest BCUT2D eigenvalue weighted by atomic mass is 9.62. The minimum absolute atomic E-state index is 0.279. The van der Waals surface area contributed by atoms with Crippen LogP contribution in [0, 0.1) is 5.41 Å². The zero-order valence-electron chi connectivity index (χ0n) is 7.18. The molecule has 0 aromatic carbocycles. The van der Waals surface area contributed by atoms with Gasteiger partial charge in [0.15, 0.2) is 0 Å². The number of piperidine rings is 1. The van der Waals surface area contributed by atoms with Gasteiger partial charge in [0.25, 0.3) is 0 Å². The van der Waals surface area contributed by atoms with Crippen LogP contribution in [0.25, 0.3) is 0 Å². The second-order valence-corrected chi connectivity index (χ2v) is 4.15. The zero-order chi connectivity index (χ0) is 8.60. The summed E-state index contributed by atoms with van der Waals surface area (Å²) in [5, 5.41) is 11.9. The molecule has 3 nitrogen and oxygen atoms in total. The zero-order valence-corrected chi connectivity index (χ0v) is 7.18. The maximum atomic E-state index is 10.7. The highest BCUT2D eigenvalue weighted by molar-refractivity contribution is 5.73. The summed E-state index contributed by atoms with van der Waals surface area (Å²) < 4.78 is 0. The van der Waals surface area contributed by atoms with Gasteiger partial charge in [-0.1, -0.05) is 6.42 Å². The minimum atomic E-state index is -0.680. The molecule has 68 valence electrons. The van der Waals surface area contributed by atoms with E-state index < -0.39 is 5.97 Å². The summed E-state index contributed by atoms with van der Waals surface area (Å²) in [6, 6.07) is -0.279. The summed E-state index contributed by atoms with van der Waals surface area (Å²) in [4.78, 5) is 10.7.